The number of oxime groups is 1. The number of aryl methyl sites for hydroxylation is 1. The van der Waals surface area contributed by atoms with Crippen LogP contribution in [0.4, 0.5) is 0 Å². The molecule has 0 saturated carbocycles. The SMILES string of the molecule is CCC(C)(NC(=O)c1cc(C)on1)C(N)=NO. The average molecular weight is 240 g/mol. The van der Waals surface area contributed by atoms with Crippen molar-refractivity contribution in [2.24, 2.45) is 10.9 Å². The molecule has 0 aliphatic heterocycles. The molecule has 0 saturated heterocycles. The van der Waals surface area contributed by atoms with Gasteiger partial charge in [-0.25, -0.2) is 0 Å². The highest BCUT2D eigenvalue weighted by Gasteiger charge is 2.30. The van der Waals surface area contributed by atoms with E-state index in [1.54, 1.807) is 13.8 Å². The summed E-state index contributed by atoms with van der Waals surface area (Å²) in [5, 5.41) is 17.8. The van der Waals surface area contributed by atoms with Crippen LogP contribution in [0.1, 0.15) is 36.5 Å². The van der Waals surface area contributed by atoms with Crippen LogP contribution in [0.3, 0.4) is 0 Å². The summed E-state index contributed by atoms with van der Waals surface area (Å²) in [6.45, 7) is 5.16. The van der Waals surface area contributed by atoms with Gasteiger partial charge in [0.1, 0.15) is 5.76 Å². The number of nitrogens with one attached hydrogen (secondary N) is 1. The van der Waals surface area contributed by atoms with Crippen LogP contribution in [-0.2, 0) is 0 Å². The Morgan fingerprint density at radius 3 is 2.82 bits per heavy atom. The summed E-state index contributed by atoms with van der Waals surface area (Å²) in [6.07, 6.45) is 0.478. The minimum Gasteiger partial charge on any atom is -0.409 e. The summed E-state index contributed by atoms with van der Waals surface area (Å²) < 4.78 is 4.80. The lowest BCUT2D eigenvalue weighted by Gasteiger charge is -2.27. The van der Waals surface area contributed by atoms with Gasteiger partial charge in [-0.15, -0.1) is 0 Å². The van der Waals surface area contributed by atoms with E-state index in [0.29, 0.717) is 12.2 Å². The fraction of sp³-hybridized carbons (Fsp3) is 0.500. The van der Waals surface area contributed by atoms with Crippen LogP contribution in [0.2, 0.25) is 0 Å². The van der Waals surface area contributed by atoms with Crippen molar-refractivity contribution in [3.05, 3.63) is 17.5 Å². The van der Waals surface area contributed by atoms with Crippen molar-refractivity contribution in [2.45, 2.75) is 32.7 Å². The van der Waals surface area contributed by atoms with Gasteiger partial charge in [0, 0.05) is 6.07 Å². The second-order valence-corrected chi connectivity index (χ2v) is 3.95. The largest absolute Gasteiger partial charge is 0.409 e. The minimum atomic E-state index is -0.918. The molecule has 7 nitrogen and oxygen atoms in total. The van der Waals surface area contributed by atoms with Crippen LogP contribution in [0, 0.1) is 6.92 Å². The van der Waals surface area contributed by atoms with E-state index in [-0.39, 0.29) is 11.5 Å². The molecule has 94 valence electrons. The second kappa shape index (κ2) is 4.86. The number of hydrogen-bond acceptors (Lipinski definition) is 5. The number of nitrogens with zero attached hydrogens (tertiary/aromatic N) is 2. The molecule has 0 aliphatic carbocycles. The van der Waals surface area contributed by atoms with Crippen molar-refractivity contribution in [3.8, 4) is 0 Å². The maximum atomic E-state index is 11.8. The number of amidine groups is 1. The maximum Gasteiger partial charge on any atom is 0.274 e. The van der Waals surface area contributed by atoms with Gasteiger partial charge < -0.3 is 20.8 Å². The van der Waals surface area contributed by atoms with Crippen molar-refractivity contribution >= 4 is 11.7 Å². The molecule has 0 spiro atoms. The van der Waals surface area contributed by atoms with Crippen LogP contribution in [0.5, 0.6) is 0 Å². The van der Waals surface area contributed by atoms with E-state index >= 15 is 0 Å². The van der Waals surface area contributed by atoms with Crippen molar-refractivity contribution in [1.82, 2.24) is 10.5 Å². The molecule has 1 amide bonds. The highest BCUT2D eigenvalue weighted by Crippen LogP contribution is 2.11. The van der Waals surface area contributed by atoms with Gasteiger partial charge in [0.25, 0.3) is 5.91 Å². The third-order valence-corrected chi connectivity index (χ3v) is 2.63. The standard InChI is InChI=1S/C10H16N4O3/c1-4-10(3,9(11)13-16)12-8(15)7-5-6(2)17-14-7/h5,16H,4H2,1-3H3,(H2,11,13)(H,12,15). The van der Waals surface area contributed by atoms with E-state index < -0.39 is 11.4 Å². The number of carbonyl (C=O) groups excluding carboxylic acids is 1. The molecular formula is C10H16N4O3. The summed E-state index contributed by atoms with van der Waals surface area (Å²) in [4.78, 5) is 11.8. The molecule has 1 rings (SSSR count). The van der Waals surface area contributed by atoms with E-state index in [4.69, 9.17) is 15.5 Å². The van der Waals surface area contributed by atoms with E-state index in [1.807, 2.05) is 6.92 Å². The van der Waals surface area contributed by atoms with Crippen LogP contribution in [-0.4, -0.2) is 27.6 Å². The summed E-state index contributed by atoms with van der Waals surface area (Å²) in [6, 6.07) is 1.51. The summed E-state index contributed by atoms with van der Waals surface area (Å²) in [5.41, 5.74) is 4.78. The Hall–Kier alpha value is -2.05. The van der Waals surface area contributed by atoms with Gasteiger partial charge in [0.2, 0.25) is 0 Å². The second-order valence-electron chi connectivity index (χ2n) is 3.95. The summed E-state index contributed by atoms with van der Waals surface area (Å²) >= 11 is 0. The Morgan fingerprint density at radius 1 is 1.76 bits per heavy atom. The molecular weight excluding hydrogens is 224 g/mol. The number of aromatic nitrogens is 1. The van der Waals surface area contributed by atoms with Gasteiger partial charge in [-0.3, -0.25) is 4.79 Å². The lowest BCUT2D eigenvalue weighted by molar-refractivity contribution is 0.0915. The normalized spacial score (nSPS) is 15.4. The molecule has 7 heteroatoms. The lowest BCUT2D eigenvalue weighted by atomic mass is 9.97. The predicted molar refractivity (Wildman–Crippen MR) is 60.8 cm³/mol. The van der Waals surface area contributed by atoms with E-state index in [9.17, 15) is 4.79 Å². The van der Waals surface area contributed by atoms with E-state index in [2.05, 4.69) is 15.6 Å². The minimum absolute atomic E-state index is 0.0615. The summed E-state index contributed by atoms with van der Waals surface area (Å²) in [5.74, 6) is 0.0449. The fourth-order valence-corrected chi connectivity index (χ4v) is 1.23. The zero-order valence-corrected chi connectivity index (χ0v) is 10.0. The monoisotopic (exact) mass is 240 g/mol. The summed E-state index contributed by atoms with van der Waals surface area (Å²) in [7, 11) is 0. The number of rotatable bonds is 4. The molecule has 0 bridgehead atoms. The van der Waals surface area contributed by atoms with Gasteiger partial charge in [-0.2, -0.15) is 0 Å². The third-order valence-electron chi connectivity index (χ3n) is 2.63. The van der Waals surface area contributed by atoms with Crippen LogP contribution >= 0.6 is 0 Å². The van der Waals surface area contributed by atoms with Crippen LogP contribution < -0.4 is 11.1 Å². The molecule has 1 heterocycles. The molecule has 0 radical (unpaired) electrons. The third kappa shape index (κ3) is 2.74. The van der Waals surface area contributed by atoms with Gasteiger partial charge >= 0.3 is 0 Å². The first-order valence-electron chi connectivity index (χ1n) is 5.16. The van der Waals surface area contributed by atoms with Gasteiger partial charge in [0.05, 0.1) is 5.54 Å². The van der Waals surface area contributed by atoms with Crippen molar-refractivity contribution < 1.29 is 14.5 Å². The van der Waals surface area contributed by atoms with Gasteiger partial charge in [-0.05, 0) is 20.3 Å². The van der Waals surface area contributed by atoms with Crippen molar-refractivity contribution in [2.75, 3.05) is 0 Å². The smallest absolute Gasteiger partial charge is 0.274 e. The van der Waals surface area contributed by atoms with Gasteiger partial charge in [-0.1, -0.05) is 17.2 Å². The molecule has 0 fully saturated rings. The highest BCUT2D eigenvalue weighted by molar-refractivity contribution is 5.98. The van der Waals surface area contributed by atoms with Crippen LogP contribution in [0.25, 0.3) is 0 Å². The first kappa shape index (κ1) is 13.0. The Bertz CT molecular complexity index is 441. The number of nitrogens with two attached hydrogens (primary N) is 1. The Labute approximate surface area is 98.6 Å². The van der Waals surface area contributed by atoms with Gasteiger partial charge in [0.15, 0.2) is 11.5 Å². The Balaban J connectivity index is 2.86. The number of carbonyl (C=O) groups is 1. The fourth-order valence-electron chi connectivity index (χ4n) is 1.23. The molecule has 17 heavy (non-hydrogen) atoms. The zero-order valence-electron chi connectivity index (χ0n) is 10.0. The zero-order chi connectivity index (χ0) is 13.1. The topological polar surface area (TPSA) is 114 Å². The Morgan fingerprint density at radius 2 is 2.41 bits per heavy atom. The highest BCUT2D eigenvalue weighted by atomic mass is 16.5. The Kier molecular flexibility index (Phi) is 3.72. The quantitative estimate of drug-likeness (QED) is 0.309. The lowest BCUT2D eigenvalue weighted by Crippen LogP contribution is -2.55. The molecule has 0 aromatic carbocycles. The molecule has 4 N–H and O–H groups in total. The van der Waals surface area contributed by atoms with E-state index in [0.717, 1.165) is 0 Å². The molecule has 1 aromatic rings. The molecule has 1 unspecified atom stereocenters. The predicted octanol–water partition coefficient (Wildman–Crippen LogP) is 0.628. The van der Waals surface area contributed by atoms with Crippen molar-refractivity contribution in [1.29, 1.82) is 0 Å². The van der Waals surface area contributed by atoms with Crippen molar-refractivity contribution in [3.63, 3.8) is 0 Å². The van der Waals surface area contributed by atoms with Crippen LogP contribution in [0.15, 0.2) is 15.7 Å². The molecule has 1 aromatic heterocycles. The maximum absolute atomic E-state index is 11.8. The first-order valence-corrected chi connectivity index (χ1v) is 5.16. The number of amides is 1. The molecule has 0 aliphatic rings. The molecule has 1 atom stereocenters. The van der Waals surface area contributed by atoms with E-state index in [1.165, 1.54) is 6.07 Å². The first-order chi connectivity index (χ1) is 7.92. The average Bonchev–Trinajstić information content (AvgIpc) is 2.74. The number of hydrogen-bond donors (Lipinski definition) is 3.